The van der Waals surface area contributed by atoms with Crippen LogP contribution in [-0.2, 0) is 9.84 Å². The third-order valence-corrected chi connectivity index (χ3v) is 4.34. The van der Waals surface area contributed by atoms with E-state index < -0.39 is 9.84 Å². The van der Waals surface area contributed by atoms with Gasteiger partial charge in [-0.2, -0.15) is 0 Å². The van der Waals surface area contributed by atoms with E-state index in [4.69, 9.17) is 11.1 Å². The lowest BCUT2D eigenvalue weighted by Crippen LogP contribution is -2.40. The molecular formula is C10H14N4O2S. The van der Waals surface area contributed by atoms with E-state index in [2.05, 4.69) is 4.98 Å². The van der Waals surface area contributed by atoms with E-state index in [1.807, 2.05) is 4.90 Å². The number of anilines is 1. The molecule has 0 aromatic carbocycles. The summed E-state index contributed by atoms with van der Waals surface area (Å²) in [6, 6.07) is 3.50. The fourth-order valence-corrected chi connectivity index (χ4v) is 2.94. The van der Waals surface area contributed by atoms with Gasteiger partial charge in [0.25, 0.3) is 0 Å². The normalized spacial score (nSPS) is 18.9. The van der Waals surface area contributed by atoms with E-state index in [1.165, 1.54) is 0 Å². The number of nitrogen functional groups attached to an aromatic ring is 1. The van der Waals surface area contributed by atoms with Gasteiger partial charge < -0.3 is 10.6 Å². The maximum absolute atomic E-state index is 11.3. The number of hydrogen-bond acceptors (Lipinski definition) is 5. The lowest BCUT2D eigenvalue weighted by atomic mass is 10.2. The molecule has 0 saturated carbocycles. The summed E-state index contributed by atoms with van der Waals surface area (Å²) in [5.74, 6) is 0.256. The molecule has 7 heteroatoms. The molecule has 0 unspecified atom stereocenters. The van der Waals surface area contributed by atoms with Crippen molar-refractivity contribution in [1.82, 2.24) is 4.98 Å². The molecule has 1 aliphatic rings. The van der Waals surface area contributed by atoms with Crippen molar-refractivity contribution in [2.75, 3.05) is 29.5 Å². The topological polar surface area (TPSA) is 100 Å². The van der Waals surface area contributed by atoms with Crippen molar-refractivity contribution in [3.05, 3.63) is 24.0 Å². The van der Waals surface area contributed by atoms with Crippen LogP contribution < -0.4 is 10.6 Å². The van der Waals surface area contributed by atoms with Gasteiger partial charge in [0.1, 0.15) is 11.5 Å². The monoisotopic (exact) mass is 254 g/mol. The van der Waals surface area contributed by atoms with Crippen molar-refractivity contribution in [3.63, 3.8) is 0 Å². The summed E-state index contributed by atoms with van der Waals surface area (Å²) in [6.45, 7) is 0.952. The highest BCUT2D eigenvalue weighted by atomic mass is 32.2. The van der Waals surface area contributed by atoms with Crippen LogP contribution in [0, 0.1) is 5.41 Å². The second-order valence-electron chi connectivity index (χ2n) is 3.95. The summed E-state index contributed by atoms with van der Waals surface area (Å²) < 4.78 is 22.6. The molecule has 2 rings (SSSR count). The molecular weight excluding hydrogens is 240 g/mol. The zero-order valence-corrected chi connectivity index (χ0v) is 10.1. The predicted molar refractivity (Wildman–Crippen MR) is 66.1 cm³/mol. The predicted octanol–water partition coefficient (Wildman–Crippen LogP) is -0.400. The molecule has 0 radical (unpaired) electrons. The zero-order valence-electron chi connectivity index (χ0n) is 9.26. The van der Waals surface area contributed by atoms with Crippen molar-refractivity contribution in [2.24, 2.45) is 5.73 Å². The molecule has 1 saturated heterocycles. The molecule has 0 spiro atoms. The van der Waals surface area contributed by atoms with Crippen molar-refractivity contribution in [3.8, 4) is 0 Å². The molecule has 0 amide bonds. The van der Waals surface area contributed by atoms with Crippen LogP contribution in [-0.4, -0.2) is 43.8 Å². The minimum absolute atomic E-state index is 0.0866. The van der Waals surface area contributed by atoms with Crippen LogP contribution in [0.3, 0.4) is 0 Å². The van der Waals surface area contributed by atoms with Gasteiger partial charge in [-0.25, -0.2) is 8.42 Å². The Balaban J connectivity index is 2.18. The maximum atomic E-state index is 11.3. The molecule has 0 atom stereocenters. The number of amidine groups is 1. The minimum atomic E-state index is -2.87. The number of aromatic nitrogens is 1. The first-order chi connectivity index (χ1) is 7.98. The Labute approximate surface area is 99.9 Å². The average molecular weight is 254 g/mol. The maximum Gasteiger partial charge on any atom is 0.153 e. The van der Waals surface area contributed by atoms with Crippen LogP contribution in [0.5, 0.6) is 0 Å². The lowest BCUT2D eigenvalue weighted by Gasteiger charge is -2.28. The number of sulfone groups is 1. The van der Waals surface area contributed by atoms with Crippen LogP contribution in [0.25, 0.3) is 0 Å². The number of nitrogens with one attached hydrogen (secondary N) is 1. The zero-order chi connectivity index (χ0) is 12.5. The van der Waals surface area contributed by atoms with E-state index in [0.29, 0.717) is 18.8 Å². The Kier molecular flexibility index (Phi) is 3.01. The van der Waals surface area contributed by atoms with Gasteiger partial charge in [0, 0.05) is 25.0 Å². The fourth-order valence-electron chi connectivity index (χ4n) is 1.73. The standard InChI is InChI=1S/C10H14N4O2S/c11-10(12)9-7-8(1-2-13-9)14-3-5-17(15,16)6-4-14/h1-2,7H,3-6H2,(H3,11,12). The highest BCUT2D eigenvalue weighted by Crippen LogP contribution is 2.17. The van der Waals surface area contributed by atoms with Crippen molar-refractivity contribution in [1.29, 1.82) is 5.41 Å². The molecule has 17 heavy (non-hydrogen) atoms. The van der Waals surface area contributed by atoms with Gasteiger partial charge in [-0.3, -0.25) is 10.4 Å². The van der Waals surface area contributed by atoms with Gasteiger partial charge in [-0.1, -0.05) is 0 Å². The SMILES string of the molecule is N=C(N)c1cc(N2CCS(=O)(=O)CC2)ccn1. The van der Waals surface area contributed by atoms with Gasteiger partial charge >= 0.3 is 0 Å². The summed E-state index contributed by atoms with van der Waals surface area (Å²) in [5.41, 5.74) is 6.64. The highest BCUT2D eigenvalue weighted by Gasteiger charge is 2.21. The molecule has 92 valence electrons. The molecule has 2 heterocycles. The summed E-state index contributed by atoms with van der Waals surface area (Å²) in [6.07, 6.45) is 1.58. The first-order valence-corrected chi connectivity index (χ1v) is 7.06. The molecule has 1 fully saturated rings. The molecule has 0 aliphatic carbocycles. The fraction of sp³-hybridized carbons (Fsp3) is 0.400. The third kappa shape index (κ3) is 2.73. The Morgan fingerprint density at radius 1 is 1.41 bits per heavy atom. The number of nitrogens with two attached hydrogens (primary N) is 1. The minimum Gasteiger partial charge on any atom is -0.382 e. The molecule has 6 nitrogen and oxygen atoms in total. The van der Waals surface area contributed by atoms with Crippen LogP contribution in [0.4, 0.5) is 5.69 Å². The Morgan fingerprint density at radius 3 is 2.65 bits per heavy atom. The van der Waals surface area contributed by atoms with Crippen molar-refractivity contribution < 1.29 is 8.42 Å². The summed E-state index contributed by atoms with van der Waals surface area (Å²) in [7, 11) is -2.87. The molecule has 1 aromatic heterocycles. The second-order valence-corrected chi connectivity index (χ2v) is 6.26. The van der Waals surface area contributed by atoms with Crippen LogP contribution in [0.2, 0.25) is 0 Å². The van der Waals surface area contributed by atoms with Gasteiger partial charge in [0.05, 0.1) is 11.5 Å². The van der Waals surface area contributed by atoms with E-state index in [9.17, 15) is 8.42 Å². The third-order valence-electron chi connectivity index (χ3n) is 2.73. The largest absolute Gasteiger partial charge is 0.382 e. The number of pyridine rings is 1. The summed E-state index contributed by atoms with van der Waals surface area (Å²) in [5, 5.41) is 7.31. The quantitative estimate of drug-likeness (QED) is 0.552. The van der Waals surface area contributed by atoms with Crippen LogP contribution >= 0.6 is 0 Å². The molecule has 3 N–H and O–H groups in total. The van der Waals surface area contributed by atoms with Crippen molar-refractivity contribution in [2.45, 2.75) is 0 Å². The number of nitrogens with zero attached hydrogens (tertiary/aromatic N) is 2. The smallest absolute Gasteiger partial charge is 0.153 e. The Hall–Kier alpha value is -1.63. The summed E-state index contributed by atoms with van der Waals surface area (Å²) in [4.78, 5) is 5.94. The molecule has 1 aliphatic heterocycles. The van der Waals surface area contributed by atoms with Gasteiger partial charge in [-0.05, 0) is 12.1 Å². The highest BCUT2D eigenvalue weighted by molar-refractivity contribution is 7.91. The van der Waals surface area contributed by atoms with E-state index >= 15 is 0 Å². The van der Waals surface area contributed by atoms with E-state index in [0.717, 1.165) is 5.69 Å². The van der Waals surface area contributed by atoms with Gasteiger partial charge in [0.15, 0.2) is 9.84 Å². The number of rotatable bonds is 2. The lowest BCUT2D eigenvalue weighted by molar-refractivity contribution is 0.587. The first-order valence-electron chi connectivity index (χ1n) is 5.24. The van der Waals surface area contributed by atoms with Gasteiger partial charge in [0.2, 0.25) is 0 Å². The van der Waals surface area contributed by atoms with E-state index in [1.54, 1.807) is 18.3 Å². The van der Waals surface area contributed by atoms with Crippen LogP contribution in [0.15, 0.2) is 18.3 Å². The second kappa shape index (κ2) is 4.33. The van der Waals surface area contributed by atoms with Gasteiger partial charge in [-0.15, -0.1) is 0 Å². The molecule has 1 aromatic rings. The van der Waals surface area contributed by atoms with Crippen molar-refractivity contribution >= 4 is 21.4 Å². The van der Waals surface area contributed by atoms with Crippen LogP contribution in [0.1, 0.15) is 5.69 Å². The molecule has 0 bridgehead atoms. The number of hydrogen-bond donors (Lipinski definition) is 2. The average Bonchev–Trinajstić information content (AvgIpc) is 2.29. The van der Waals surface area contributed by atoms with E-state index in [-0.39, 0.29) is 17.3 Å². The Morgan fingerprint density at radius 2 is 2.06 bits per heavy atom. The first kappa shape index (κ1) is 11.8. The Bertz CT molecular complexity index is 527. The summed E-state index contributed by atoms with van der Waals surface area (Å²) >= 11 is 0.